The van der Waals surface area contributed by atoms with Crippen molar-refractivity contribution in [3.05, 3.63) is 50.9 Å². The molecule has 0 amide bonds. The van der Waals surface area contributed by atoms with Gasteiger partial charge < -0.3 is 14.2 Å². The highest BCUT2D eigenvalue weighted by atomic mass is 79.9. The van der Waals surface area contributed by atoms with Crippen molar-refractivity contribution < 1.29 is 19.0 Å². The summed E-state index contributed by atoms with van der Waals surface area (Å²) in [5.41, 5.74) is 1.60. The zero-order chi connectivity index (χ0) is 18.2. The minimum atomic E-state index is -0.385. The van der Waals surface area contributed by atoms with E-state index in [0.717, 1.165) is 0 Å². The van der Waals surface area contributed by atoms with Crippen molar-refractivity contribution in [3.8, 4) is 5.75 Å². The van der Waals surface area contributed by atoms with Crippen molar-refractivity contribution in [1.29, 1.82) is 0 Å². The number of hydrogen-bond acceptors (Lipinski definition) is 6. The Kier molecular flexibility index (Phi) is 7.54. The van der Waals surface area contributed by atoms with E-state index in [1.165, 1.54) is 0 Å². The summed E-state index contributed by atoms with van der Waals surface area (Å²) in [6.45, 7) is 2.22. The number of carbonyl (C=O) groups excluding carboxylic acids is 1. The van der Waals surface area contributed by atoms with Crippen LogP contribution in [0.1, 0.15) is 17.3 Å². The van der Waals surface area contributed by atoms with Crippen LogP contribution in [-0.4, -0.2) is 26.5 Å². The Labute approximate surface area is 162 Å². The average molecular weight is 472 g/mol. The largest absolute Gasteiger partial charge is 0.465 e. The fourth-order valence-corrected chi connectivity index (χ4v) is 3.28. The van der Waals surface area contributed by atoms with E-state index < -0.39 is 0 Å². The van der Waals surface area contributed by atoms with Crippen LogP contribution in [0.4, 0.5) is 11.4 Å². The van der Waals surface area contributed by atoms with Gasteiger partial charge in [-0.05, 0) is 69.1 Å². The quantitative estimate of drug-likeness (QED) is 0.291. The zero-order valence-corrected chi connectivity index (χ0v) is 16.8. The number of nitrogens with zero attached hydrogens (tertiary/aromatic N) is 2. The van der Waals surface area contributed by atoms with Crippen molar-refractivity contribution in [2.75, 3.05) is 20.5 Å². The van der Waals surface area contributed by atoms with E-state index in [1.54, 1.807) is 50.4 Å². The minimum Gasteiger partial charge on any atom is -0.465 e. The van der Waals surface area contributed by atoms with Gasteiger partial charge in [0.1, 0.15) is 0 Å². The Balaban J connectivity index is 2.19. The molecule has 0 N–H and O–H groups in total. The fourth-order valence-electron chi connectivity index (χ4n) is 1.88. The lowest BCUT2D eigenvalue weighted by atomic mass is 10.2. The van der Waals surface area contributed by atoms with Crippen LogP contribution in [-0.2, 0) is 9.47 Å². The topological polar surface area (TPSA) is 69.5 Å². The molecule has 2 aromatic carbocycles. The molecule has 0 unspecified atom stereocenters. The average Bonchev–Trinajstić information content (AvgIpc) is 2.60. The second kappa shape index (κ2) is 9.65. The van der Waals surface area contributed by atoms with E-state index in [1.807, 2.05) is 0 Å². The molecule has 0 spiro atoms. The summed E-state index contributed by atoms with van der Waals surface area (Å²) in [6.07, 6.45) is 0. The molecule has 0 saturated heterocycles. The van der Waals surface area contributed by atoms with Crippen molar-refractivity contribution in [2.45, 2.75) is 6.92 Å². The number of halogens is 2. The molecule has 2 rings (SSSR count). The molecule has 0 radical (unpaired) electrons. The molecule has 2 aromatic rings. The molecule has 0 atom stereocenters. The number of esters is 1. The maximum Gasteiger partial charge on any atom is 0.338 e. The molecule has 0 aliphatic rings. The Morgan fingerprint density at radius 2 is 1.76 bits per heavy atom. The van der Waals surface area contributed by atoms with Gasteiger partial charge in [0.25, 0.3) is 0 Å². The lowest BCUT2D eigenvalue weighted by molar-refractivity contribution is 0.0500. The molecular formula is C17H16Br2N2O4. The highest BCUT2D eigenvalue weighted by Crippen LogP contribution is 2.37. The smallest absolute Gasteiger partial charge is 0.338 e. The number of ether oxygens (including phenoxy) is 3. The Morgan fingerprint density at radius 1 is 1.08 bits per heavy atom. The molecule has 0 fully saturated rings. The van der Waals surface area contributed by atoms with Crippen LogP contribution in [0.25, 0.3) is 0 Å². The highest BCUT2D eigenvalue weighted by molar-refractivity contribution is 9.11. The number of carbonyl (C=O) groups is 1. The van der Waals surface area contributed by atoms with Crippen LogP contribution >= 0.6 is 31.9 Å². The van der Waals surface area contributed by atoms with Crippen LogP contribution in [0, 0.1) is 0 Å². The Hall–Kier alpha value is -1.77. The number of methoxy groups -OCH3 is 1. The maximum atomic E-state index is 11.8. The summed E-state index contributed by atoms with van der Waals surface area (Å²) < 4.78 is 16.8. The molecule has 6 nitrogen and oxygen atoms in total. The van der Waals surface area contributed by atoms with Gasteiger partial charge in [0.05, 0.1) is 32.5 Å². The third-order valence-electron chi connectivity index (χ3n) is 2.94. The molecule has 0 bridgehead atoms. The van der Waals surface area contributed by atoms with Gasteiger partial charge in [0.15, 0.2) is 12.5 Å². The van der Waals surface area contributed by atoms with Crippen LogP contribution in [0.5, 0.6) is 5.75 Å². The number of azo groups is 1. The normalized spacial score (nSPS) is 10.9. The molecule has 0 heterocycles. The molecule has 25 heavy (non-hydrogen) atoms. The molecule has 0 aromatic heterocycles. The third kappa shape index (κ3) is 5.62. The van der Waals surface area contributed by atoms with Gasteiger partial charge in [-0.2, -0.15) is 10.2 Å². The van der Waals surface area contributed by atoms with E-state index in [-0.39, 0.29) is 12.8 Å². The second-order valence-electron chi connectivity index (χ2n) is 4.76. The fraction of sp³-hybridized carbons (Fsp3) is 0.235. The summed E-state index contributed by atoms with van der Waals surface area (Å²) >= 11 is 6.86. The highest BCUT2D eigenvalue weighted by Gasteiger charge is 2.09. The summed E-state index contributed by atoms with van der Waals surface area (Å²) in [5, 5.41) is 8.36. The monoisotopic (exact) mass is 470 g/mol. The van der Waals surface area contributed by atoms with Gasteiger partial charge in [-0.25, -0.2) is 4.79 Å². The first-order valence-corrected chi connectivity index (χ1v) is 8.93. The number of benzene rings is 2. The number of rotatable bonds is 7. The van der Waals surface area contributed by atoms with Gasteiger partial charge in [0.2, 0.25) is 0 Å². The van der Waals surface area contributed by atoms with E-state index >= 15 is 0 Å². The molecule has 8 heteroatoms. The van der Waals surface area contributed by atoms with Gasteiger partial charge in [-0.1, -0.05) is 6.07 Å². The molecule has 0 saturated carbocycles. The van der Waals surface area contributed by atoms with Crippen molar-refractivity contribution >= 4 is 49.2 Å². The predicted octanol–water partition coefficient (Wildman–Crippen LogP) is 5.79. The summed E-state index contributed by atoms with van der Waals surface area (Å²) in [6, 6.07) is 10.3. The van der Waals surface area contributed by atoms with Gasteiger partial charge in [-0.15, -0.1) is 0 Å². The second-order valence-corrected chi connectivity index (χ2v) is 6.47. The first kappa shape index (κ1) is 19.6. The lowest BCUT2D eigenvalue weighted by Crippen LogP contribution is -2.03. The summed E-state index contributed by atoms with van der Waals surface area (Å²) in [5.74, 6) is 0.231. The van der Waals surface area contributed by atoms with Gasteiger partial charge >= 0.3 is 5.97 Å². The zero-order valence-electron chi connectivity index (χ0n) is 13.7. The Morgan fingerprint density at radius 3 is 2.40 bits per heavy atom. The van der Waals surface area contributed by atoms with Gasteiger partial charge in [0, 0.05) is 7.11 Å². The van der Waals surface area contributed by atoms with E-state index in [0.29, 0.717) is 38.2 Å². The lowest BCUT2D eigenvalue weighted by Gasteiger charge is -2.09. The minimum absolute atomic E-state index is 0.138. The molecule has 0 aliphatic carbocycles. The van der Waals surface area contributed by atoms with E-state index in [2.05, 4.69) is 42.1 Å². The maximum absolute atomic E-state index is 11.8. The standard InChI is InChI=1S/C17H16Br2N2O4/c1-3-24-17(22)11-5-4-6-12(7-11)20-21-13-8-14(18)16(15(19)9-13)25-10-23-2/h4-9H,3,10H2,1-2H3/b21-20+. The molecule has 0 aliphatic heterocycles. The van der Waals surface area contributed by atoms with Crippen LogP contribution in [0.2, 0.25) is 0 Å². The SMILES string of the molecule is CCOC(=O)c1cccc(/N=N/c2cc(Br)c(OCOC)c(Br)c2)c1. The Bertz CT molecular complexity index is 758. The molecule has 132 valence electrons. The van der Waals surface area contributed by atoms with E-state index in [4.69, 9.17) is 14.2 Å². The number of hydrogen-bond donors (Lipinski definition) is 0. The van der Waals surface area contributed by atoms with Crippen LogP contribution < -0.4 is 4.74 Å². The predicted molar refractivity (Wildman–Crippen MR) is 101 cm³/mol. The van der Waals surface area contributed by atoms with E-state index in [9.17, 15) is 4.79 Å². The van der Waals surface area contributed by atoms with Crippen LogP contribution in [0.15, 0.2) is 55.6 Å². The summed E-state index contributed by atoms with van der Waals surface area (Å²) in [4.78, 5) is 11.8. The van der Waals surface area contributed by atoms with Crippen molar-refractivity contribution in [3.63, 3.8) is 0 Å². The summed E-state index contributed by atoms with van der Waals surface area (Å²) in [7, 11) is 1.55. The molecular weight excluding hydrogens is 456 g/mol. The van der Waals surface area contributed by atoms with Crippen molar-refractivity contribution in [2.24, 2.45) is 10.2 Å². The first-order chi connectivity index (χ1) is 12.0. The van der Waals surface area contributed by atoms with Crippen LogP contribution in [0.3, 0.4) is 0 Å². The van der Waals surface area contributed by atoms with Crippen molar-refractivity contribution in [1.82, 2.24) is 0 Å². The van der Waals surface area contributed by atoms with Gasteiger partial charge in [-0.3, -0.25) is 0 Å². The third-order valence-corrected chi connectivity index (χ3v) is 4.12. The first-order valence-electron chi connectivity index (χ1n) is 7.34.